The molecule has 0 amide bonds. The van der Waals surface area contributed by atoms with E-state index in [1.165, 1.54) is 60.8 Å². The molecule has 0 radical (unpaired) electrons. The number of hydrogen-bond donors (Lipinski definition) is 0. The summed E-state index contributed by atoms with van der Waals surface area (Å²) in [6, 6.07) is 23.9. The van der Waals surface area contributed by atoms with Gasteiger partial charge in [-0.2, -0.15) is 0 Å². The second-order valence-electron chi connectivity index (χ2n) is 7.07. The van der Waals surface area contributed by atoms with Crippen LogP contribution in [0.2, 0.25) is 0 Å². The highest BCUT2D eigenvalue weighted by atomic mass is 35.5. The minimum atomic E-state index is 0. The minimum absolute atomic E-state index is 0. The highest BCUT2D eigenvalue weighted by Gasteiger charge is 2.49. The average molecular weight is 365 g/mol. The van der Waals surface area contributed by atoms with Crippen LogP contribution in [0.5, 0.6) is 0 Å². The standard InChI is InChI=1S/C21H26N.2ClH/c1-3-10-18(11-4-1)21(19-12-5-2-6-13-19)22-16-8-7-14-20(22)15-9-17-22;;/h1-6,10-13,20-21H,7-9,14-17H2;2*1H/q+1;;/t20-,22?;;/m0../s1. The molecule has 3 heteroatoms. The number of rotatable bonds is 3. The van der Waals surface area contributed by atoms with E-state index in [2.05, 4.69) is 60.7 Å². The summed E-state index contributed by atoms with van der Waals surface area (Å²) in [6.07, 6.45) is 7.08. The van der Waals surface area contributed by atoms with Crippen LogP contribution in [0, 0.1) is 0 Å². The van der Waals surface area contributed by atoms with Crippen molar-refractivity contribution in [3.05, 3.63) is 71.8 Å². The van der Waals surface area contributed by atoms with Crippen molar-refractivity contribution in [2.24, 2.45) is 0 Å². The molecule has 2 fully saturated rings. The first-order valence-electron chi connectivity index (χ1n) is 8.86. The summed E-state index contributed by atoms with van der Waals surface area (Å²) in [5.41, 5.74) is 3.00. The molecule has 2 atom stereocenters. The molecule has 2 aromatic carbocycles. The minimum Gasteiger partial charge on any atom is -0.311 e. The number of hydrogen-bond acceptors (Lipinski definition) is 0. The molecule has 2 aliphatic heterocycles. The highest BCUT2D eigenvalue weighted by Crippen LogP contribution is 2.46. The summed E-state index contributed by atoms with van der Waals surface area (Å²) in [4.78, 5) is 0. The summed E-state index contributed by atoms with van der Waals surface area (Å²) >= 11 is 0. The zero-order valence-electron chi connectivity index (χ0n) is 14.1. The number of quaternary nitrogens is 1. The van der Waals surface area contributed by atoms with E-state index in [1.807, 2.05) is 0 Å². The molecule has 2 saturated heterocycles. The lowest BCUT2D eigenvalue weighted by Crippen LogP contribution is -2.56. The molecule has 2 aliphatic rings. The molecule has 0 N–H and O–H groups in total. The van der Waals surface area contributed by atoms with Crippen molar-refractivity contribution >= 4 is 24.8 Å². The zero-order valence-corrected chi connectivity index (χ0v) is 15.8. The predicted octanol–water partition coefficient (Wildman–Crippen LogP) is 5.78. The van der Waals surface area contributed by atoms with Crippen LogP contribution in [0.3, 0.4) is 0 Å². The van der Waals surface area contributed by atoms with Gasteiger partial charge < -0.3 is 4.48 Å². The predicted molar refractivity (Wildman–Crippen MR) is 106 cm³/mol. The number of nitrogens with zero attached hydrogens (tertiary/aromatic N) is 1. The summed E-state index contributed by atoms with van der Waals surface area (Å²) in [7, 11) is 0. The highest BCUT2D eigenvalue weighted by molar-refractivity contribution is 5.85. The molecule has 2 aromatic rings. The molecule has 4 rings (SSSR count). The van der Waals surface area contributed by atoms with E-state index in [-0.39, 0.29) is 24.8 Å². The summed E-state index contributed by atoms with van der Waals surface area (Å²) in [6.45, 7) is 2.72. The third kappa shape index (κ3) is 3.35. The topological polar surface area (TPSA) is 0 Å². The van der Waals surface area contributed by atoms with E-state index in [9.17, 15) is 0 Å². The molecule has 130 valence electrons. The van der Waals surface area contributed by atoms with Crippen molar-refractivity contribution in [3.63, 3.8) is 0 Å². The van der Waals surface area contributed by atoms with Gasteiger partial charge in [-0.05, 0) is 19.3 Å². The smallest absolute Gasteiger partial charge is 0.141 e. The molecule has 1 nitrogen and oxygen atoms in total. The third-order valence-electron chi connectivity index (χ3n) is 5.95. The first-order chi connectivity index (χ1) is 10.9. The van der Waals surface area contributed by atoms with E-state index in [1.54, 1.807) is 0 Å². The Morgan fingerprint density at radius 1 is 0.667 bits per heavy atom. The van der Waals surface area contributed by atoms with Crippen molar-refractivity contribution in [2.75, 3.05) is 13.1 Å². The Kier molecular flexibility index (Phi) is 6.74. The quantitative estimate of drug-likeness (QED) is 0.605. The van der Waals surface area contributed by atoms with Gasteiger partial charge in [0.15, 0.2) is 0 Å². The molecule has 2 heterocycles. The zero-order chi connectivity index (χ0) is 14.8. The van der Waals surface area contributed by atoms with E-state index in [4.69, 9.17) is 0 Å². The van der Waals surface area contributed by atoms with Gasteiger partial charge in [0.25, 0.3) is 0 Å². The Morgan fingerprint density at radius 2 is 1.17 bits per heavy atom. The molecule has 24 heavy (non-hydrogen) atoms. The van der Waals surface area contributed by atoms with Crippen LogP contribution in [0.15, 0.2) is 60.7 Å². The van der Waals surface area contributed by atoms with Crippen LogP contribution in [0.1, 0.15) is 49.3 Å². The number of piperidine rings is 1. The average Bonchev–Trinajstić information content (AvgIpc) is 3.01. The fourth-order valence-corrected chi connectivity index (χ4v) is 5.07. The molecule has 1 unspecified atom stereocenters. The van der Waals surface area contributed by atoms with Crippen LogP contribution in [0.25, 0.3) is 0 Å². The SMILES string of the molecule is Cl.Cl.c1ccc(C(c2ccccc2)[N+]23CCCC[C@H]2CCC3)cc1. The van der Waals surface area contributed by atoms with Gasteiger partial charge in [-0.25, -0.2) is 0 Å². The van der Waals surface area contributed by atoms with Crippen LogP contribution in [-0.4, -0.2) is 23.6 Å². The van der Waals surface area contributed by atoms with Gasteiger partial charge in [0.2, 0.25) is 0 Å². The maximum atomic E-state index is 2.34. The monoisotopic (exact) mass is 364 g/mol. The Hall–Kier alpha value is -1.02. The molecule has 0 saturated carbocycles. The molecule has 0 spiro atoms. The van der Waals surface area contributed by atoms with E-state index < -0.39 is 0 Å². The van der Waals surface area contributed by atoms with Crippen molar-refractivity contribution in [1.29, 1.82) is 0 Å². The number of fused-ring (bicyclic) bond motifs is 1. The normalized spacial score (nSPS) is 25.5. The van der Waals surface area contributed by atoms with Gasteiger partial charge in [0.1, 0.15) is 6.04 Å². The fraction of sp³-hybridized carbons (Fsp3) is 0.429. The largest absolute Gasteiger partial charge is 0.311 e. The Bertz CT molecular complexity index is 577. The van der Waals surface area contributed by atoms with Gasteiger partial charge in [-0.3, -0.25) is 0 Å². The van der Waals surface area contributed by atoms with Crippen molar-refractivity contribution in [1.82, 2.24) is 0 Å². The van der Waals surface area contributed by atoms with Gasteiger partial charge in [0.05, 0.1) is 19.1 Å². The number of halogens is 2. The maximum Gasteiger partial charge on any atom is 0.141 e. The van der Waals surface area contributed by atoms with Crippen LogP contribution < -0.4 is 0 Å². The van der Waals surface area contributed by atoms with Gasteiger partial charge in [-0.1, -0.05) is 60.7 Å². The van der Waals surface area contributed by atoms with E-state index in [0.717, 1.165) is 6.04 Å². The lowest BCUT2D eigenvalue weighted by Gasteiger charge is -2.49. The molecule has 0 bridgehead atoms. The van der Waals surface area contributed by atoms with E-state index >= 15 is 0 Å². The Labute approximate surface area is 158 Å². The second-order valence-corrected chi connectivity index (χ2v) is 7.07. The number of benzene rings is 2. The van der Waals surface area contributed by atoms with Crippen LogP contribution in [0.4, 0.5) is 0 Å². The first kappa shape index (κ1) is 19.3. The van der Waals surface area contributed by atoms with Gasteiger partial charge >= 0.3 is 0 Å². The Morgan fingerprint density at radius 3 is 1.75 bits per heavy atom. The molecule has 0 aromatic heterocycles. The van der Waals surface area contributed by atoms with Crippen LogP contribution >= 0.6 is 24.8 Å². The fourth-order valence-electron chi connectivity index (χ4n) is 5.07. The summed E-state index contributed by atoms with van der Waals surface area (Å²) < 4.78 is 1.31. The van der Waals surface area contributed by atoms with Crippen molar-refractivity contribution in [2.45, 2.75) is 44.2 Å². The Balaban J connectivity index is 0.00000104. The van der Waals surface area contributed by atoms with Crippen molar-refractivity contribution in [3.8, 4) is 0 Å². The second kappa shape index (κ2) is 8.38. The first-order valence-corrected chi connectivity index (χ1v) is 8.86. The molecule has 0 aliphatic carbocycles. The third-order valence-corrected chi connectivity index (χ3v) is 5.95. The van der Waals surface area contributed by atoms with Crippen molar-refractivity contribution < 1.29 is 4.48 Å². The molecular weight excluding hydrogens is 337 g/mol. The van der Waals surface area contributed by atoms with Gasteiger partial charge in [-0.15, -0.1) is 24.8 Å². The maximum absolute atomic E-state index is 2.34. The van der Waals surface area contributed by atoms with Gasteiger partial charge in [0, 0.05) is 24.0 Å². The van der Waals surface area contributed by atoms with Crippen LogP contribution in [-0.2, 0) is 0 Å². The van der Waals surface area contributed by atoms with E-state index in [0.29, 0.717) is 6.04 Å². The summed E-state index contributed by atoms with van der Waals surface area (Å²) in [5.74, 6) is 0. The lowest BCUT2D eigenvalue weighted by atomic mass is 9.89. The lowest BCUT2D eigenvalue weighted by molar-refractivity contribution is -0.966. The molecular formula is C21H28Cl2N+. The summed E-state index contributed by atoms with van der Waals surface area (Å²) in [5, 5.41) is 0.